The number of hydrogen-bond acceptors (Lipinski definition) is 4. The molecule has 0 saturated carbocycles. The largest absolute Gasteiger partial charge is 0.383 e. The van der Waals surface area contributed by atoms with Crippen molar-refractivity contribution in [1.82, 2.24) is 9.61 Å². The van der Waals surface area contributed by atoms with Gasteiger partial charge >= 0.3 is 0 Å². The highest BCUT2D eigenvalue weighted by atomic mass is 127. The lowest BCUT2D eigenvalue weighted by atomic mass is 9.95. The van der Waals surface area contributed by atoms with Crippen LogP contribution in [0.4, 0.5) is 5.82 Å². The maximum absolute atomic E-state index is 9.55. The van der Waals surface area contributed by atoms with Gasteiger partial charge in [0, 0.05) is 9.13 Å². The molecule has 3 aromatic rings. The molecule has 0 aliphatic rings. The molecule has 2 aromatic heterocycles. The molecule has 2 N–H and O–H groups in total. The average molecular weight is 385 g/mol. The van der Waals surface area contributed by atoms with Crippen molar-refractivity contribution in [3.63, 3.8) is 0 Å². The molecule has 0 bridgehead atoms. The highest BCUT2D eigenvalue weighted by Crippen LogP contribution is 2.35. The molecular weight excluding hydrogens is 377 g/mol. The van der Waals surface area contributed by atoms with Gasteiger partial charge in [-0.1, -0.05) is 18.2 Å². The normalized spacial score (nSPS) is 10.2. The standard InChI is InChI=1S/C15H8IN5/c16-12-4-2-1-3-9(12)14-10(7-17)13-5-6-20-21(13)15(19)11(14)8-18/h1-6H,19H2. The molecule has 0 aliphatic carbocycles. The quantitative estimate of drug-likeness (QED) is 0.653. The lowest BCUT2D eigenvalue weighted by molar-refractivity contribution is 0.969. The summed E-state index contributed by atoms with van der Waals surface area (Å²) < 4.78 is 2.38. The van der Waals surface area contributed by atoms with E-state index in [1.165, 1.54) is 4.52 Å². The lowest BCUT2D eigenvalue weighted by Crippen LogP contribution is -2.06. The number of nitrogens with zero attached hydrogens (tertiary/aromatic N) is 4. The first-order valence-corrected chi connectivity index (χ1v) is 7.11. The number of anilines is 1. The van der Waals surface area contributed by atoms with Crippen molar-refractivity contribution < 1.29 is 0 Å². The third-order valence-corrected chi connectivity index (χ3v) is 4.19. The van der Waals surface area contributed by atoms with Crippen LogP contribution < -0.4 is 5.73 Å². The van der Waals surface area contributed by atoms with Crippen LogP contribution in [0.25, 0.3) is 16.6 Å². The van der Waals surface area contributed by atoms with Crippen molar-refractivity contribution in [1.29, 1.82) is 10.5 Å². The molecule has 0 amide bonds. The van der Waals surface area contributed by atoms with Gasteiger partial charge in [0.05, 0.1) is 17.3 Å². The molecule has 0 fully saturated rings. The van der Waals surface area contributed by atoms with Crippen LogP contribution in [0.5, 0.6) is 0 Å². The molecule has 3 rings (SSSR count). The summed E-state index contributed by atoms with van der Waals surface area (Å²) in [6, 6.07) is 13.6. The van der Waals surface area contributed by atoms with E-state index in [4.69, 9.17) is 5.73 Å². The SMILES string of the molecule is N#Cc1c(-c2ccccc2I)c(C#N)c2ccnn2c1N. The van der Waals surface area contributed by atoms with Crippen LogP contribution in [0.15, 0.2) is 36.5 Å². The number of nitrogens with two attached hydrogens (primary N) is 1. The van der Waals surface area contributed by atoms with Crippen molar-refractivity contribution in [3.05, 3.63) is 51.2 Å². The Morgan fingerprint density at radius 1 is 1.10 bits per heavy atom. The zero-order valence-corrected chi connectivity index (χ0v) is 12.9. The van der Waals surface area contributed by atoms with Crippen LogP contribution >= 0.6 is 22.6 Å². The number of nitrogen functional groups attached to an aromatic ring is 1. The molecule has 2 heterocycles. The Morgan fingerprint density at radius 2 is 1.81 bits per heavy atom. The first-order chi connectivity index (χ1) is 10.2. The number of aromatic nitrogens is 2. The molecule has 0 atom stereocenters. The second-order valence-electron chi connectivity index (χ2n) is 4.34. The fourth-order valence-electron chi connectivity index (χ4n) is 2.33. The van der Waals surface area contributed by atoms with Gasteiger partial charge in [0.25, 0.3) is 0 Å². The van der Waals surface area contributed by atoms with Gasteiger partial charge in [-0.05, 0) is 40.3 Å². The van der Waals surface area contributed by atoms with Crippen LogP contribution in [-0.2, 0) is 0 Å². The Morgan fingerprint density at radius 3 is 2.48 bits per heavy atom. The van der Waals surface area contributed by atoms with E-state index in [1.807, 2.05) is 24.3 Å². The fraction of sp³-hybridized carbons (Fsp3) is 0. The maximum atomic E-state index is 9.55. The maximum Gasteiger partial charge on any atom is 0.144 e. The molecule has 5 nitrogen and oxygen atoms in total. The summed E-state index contributed by atoms with van der Waals surface area (Å²) in [5.41, 5.74) is 8.71. The van der Waals surface area contributed by atoms with E-state index < -0.39 is 0 Å². The zero-order valence-electron chi connectivity index (χ0n) is 10.7. The van der Waals surface area contributed by atoms with E-state index in [9.17, 15) is 10.5 Å². The molecular formula is C15H8IN5. The number of hydrogen-bond donors (Lipinski definition) is 1. The Labute approximate surface area is 134 Å². The zero-order chi connectivity index (χ0) is 15.0. The summed E-state index contributed by atoms with van der Waals surface area (Å²) in [6.07, 6.45) is 1.56. The number of nitriles is 2. The van der Waals surface area contributed by atoms with Gasteiger partial charge in [-0.2, -0.15) is 15.6 Å². The Hall–Kier alpha value is -2.58. The predicted octanol–water partition coefficient (Wildman–Crippen LogP) is 2.93. The van der Waals surface area contributed by atoms with Crippen LogP contribution in [-0.4, -0.2) is 9.61 Å². The van der Waals surface area contributed by atoms with Gasteiger partial charge in [-0.15, -0.1) is 0 Å². The van der Waals surface area contributed by atoms with E-state index in [-0.39, 0.29) is 11.4 Å². The van der Waals surface area contributed by atoms with Gasteiger partial charge in [0.1, 0.15) is 23.5 Å². The van der Waals surface area contributed by atoms with E-state index >= 15 is 0 Å². The molecule has 0 saturated heterocycles. The number of pyridine rings is 1. The van der Waals surface area contributed by atoms with Crippen molar-refractivity contribution in [3.8, 4) is 23.3 Å². The molecule has 0 unspecified atom stereocenters. The molecule has 6 heteroatoms. The minimum atomic E-state index is 0.242. The third-order valence-electron chi connectivity index (χ3n) is 3.25. The topological polar surface area (TPSA) is 90.9 Å². The van der Waals surface area contributed by atoms with Gasteiger partial charge in [-0.25, -0.2) is 4.52 Å². The summed E-state index contributed by atoms with van der Waals surface area (Å²) in [4.78, 5) is 0. The van der Waals surface area contributed by atoms with Crippen LogP contribution in [0.3, 0.4) is 0 Å². The summed E-state index contributed by atoms with van der Waals surface area (Å²) in [7, 11) is 0. The summed E-state index contributed by atoms with van der Waals surface area (Å²) >= 11 is 2.18. The summed E-state index contributed by atoms with van der Waals surface area (Å²) in [5, 5.41) is 23.1. The average Bonchev–Trinajstić information content (AvgIpc) is 2.97. The van der Waals surface area contributed by atoms with Crippen molar-refractivity contribution in [2.45, 2.75) is 0 Å². The van der Waals surface area contributed by atoms with E-state index in [1.54, 1.807) is 12.3 Å². The minimum Gasteiger partial charge on any atom is -0.383 e. The first-order valence-electron chi connectivity index (χ1n) is 6.03. The minimum absolute atomic E-state index is 0.242. The highest BCUT2D eigenvalue weighted by molar-refractivity contribution is 14.1. The van der Waals surface area contributed by atoms with Crippen molar-refractivity contribution in [2.24, 2.45) is 0 Å². The second-order valence-corrected chi connectivity index (χ2v) is 5.50. The lowest BCUT2D eigenvalue weighted by Gasteiger charge is -2.13. The number of fused-ring (bicyclic) bond motifs is 1. The number of halogens is 1. The second kappa shape index (κ2) is 5.08. The van der Waals surface area contributed by atoms with Gasteiger partial charge in [0.15, 0.2) is 0 Å². The smallest absolute Gasteiger partial charge is 0.144 e. The first kappa shape index (κ1) is 13.4. The monoisotopic (exact) mass is 385 g/mol. The molecule has 0 aliphatic heterocycles. The number of rotatable bonds is 1. The fourth-order valence-corrected chi connectivity index (χ4v) is 2.99. The Balaban J connectivity index is 2.56. The van der Waals surface area contributed by atoms with Crippen LogP contribution in [0.2, 0.25) is 0 Å². The van der Waals surface area contributed by atoms with E-state index in [0.717, 1.165) is 9.13 Å². The van der Waals surface area contributed by atoms with Crippen molar-refractivity contribution in [2.75, 3.05) is 5.73 Å². The summed E-state index contributed by atoms with van der Waals surface area (Å²) in [5.74, 6) is 0.242. The Kier molecular flexibility index (Phi) is 3.24. The molecule has 100 valence electrons. The van der Waals surface area contributed by atoms with Gasteiger partial charge < -0.3 is 5.73 Å². The molecule has 1 aromatic carbocycles. The predicted molar refractivity (Wildman–Crippen MR) is 87.2 cm³/mol. The number of benzene rings is 1. The van der Waals surface area contributed by atoms with Gasteiger partial charge in [0.2, 0.25) is 0 Å². The van der Waals surface area contributed by atoms with E-state index in [2.05, 4.69) is 39.8 Å². The van der Waals surface area contributed by atoms with Crippen LogP contribution in [0, 0.1) is 26.2 Å². The van der Waals surface area contributed by atoms with Crippen molar-refractivity contribution >= 4 is 33.9 Å². The molecule has 0 spiro atoms. The highest BCUT2D eigenvalue weighted by Gasteiger charge is 2.21. The summed E-state index contributed by atoms with van der Waals surface area (Å²) in [6.45, 7) is 0. The van der Waals surface area contributed by atoms with E-state index in [0.29, 0.717) is 16.6 Å². The molecule has 21 heavy (non-hydrogen) atoms. The third kappa shape index (κ3) is 1.92. The Bertz CT molecular complexity index is 943. The van der Waals surface area contributed by atoms with Gasteiger partial charge in [-0.3, -0.25) is 0 Å². The van der Waals surface area contributed by atoms with Crippen LogP contribution in [0.1, 0.15) is 11.1 Å². The molecule has 0 radical (unpaired) electrons.